The van der Waals surface area contributed by atoms with Crippen molar-refractivity contribution in [3.8, 4) is 11.5 Å². The molecule has 3 aromatic rings. The first-order valence-corrected chi connectivity index (χ1v) is 12.9. The van der Waals surface area contributed by atoms with Gasteiger partial charge in [0, 0.05) is 23.5 Å². The Labute approximate surface area is 216 Å². The Morgan fingerprint density at radius 1 is 1.17 bits per heavy atom. The smallest absolute Gasteiger partial charge is 0.254 e. The van der Waals surface area contributed by atoms with Gasteiger partial charge in [-0.05, 0) is 73.2 Å². The van der Waals surface area contributed by atoms with Crippen molar-refractivity contribution in [2.75, 3.05) is 33.4 Å². The number of carbonyl (C=O) groups excluding carboxylic acids is 2. The number of hydrogen-bond acceptors (Lipinski definition) is 5. The molecule has 1 atom stereocenters. The van der Waals surface area contributed by atoms with Crippen LogP contribution in [-0.2, 0) is 11.2 Å². The SMILES string of the molecule is C=CCN(CC(=O)N1CCc2sccc2[C@@H]1COc1ccc(C)cc1C)C(=O)c1ccc(OC)cc1. The molecule has 36 heavy (non-hydrogen) atoms. The molecule has 0 fully saturated rings. The minimum absolute atomic E-state index is 0.0313. The molecule has 2 amide bonds. The van der Waals surface area contributed by atoms with Gasteiger partial charge in [0.15, 0.2) is 0 Å². The maximum absolute atomic E-state index is 13.6. The fraction of sp³-hybridized carbons (Fsp3) is 0.310. The summed E-state index contributed by atoms with van der Waals surface area (Å²) in [6.07, 6.45) is 2.44. The molecule has 188 valence electrons. The normalized spacial score (nSPS) is 14.6. The van der Waals surface area contributed by atoms with Gasteiger partial charge in [-0.1, -0.05) is 23.8 Å². The summed E-state index contributed by atoms with van der Waals surface area (Å²) in [5, 5.41) is 2.07. The highest BCUT2D eigenvalue weighted by Gasteiger charge is 2.33. The number of thiophene rings is 1. The zero-order valence-electron chi connectivity index (χ0n) is 21.0. The minimum atomic E-state index is -0.220. The molecule has 1 aliphatic rings. The van der Waals surface area contributed by atoms with E-state index in [1.165, 1.54) is 15.3 Å². The van der Waals surface area contributed by atoms with E-state index in [1.807, 2.05) is 24.0 Å². The Hall–Kier alpha value is -3.58. The molecule has 1 aliphatic heterocycles. The summed E-state index contributed by atoms with van der Waals surface area (Å²) in [6, 6.07) is 14.9. The third-order valence-corrected chi connectivity index (χ3v) is 7.44. The van der Waals surface area contributed by atoms with Crippen molar-refractivity contribution in [2.45, 2.75) is 26.3 Å². The Morgan fingerprint density at radius 3 is 2.64 bits per heavy atom. The molecular weight excluding hydrogens is 472 g/mol. The lowest BCUT2D eigenvalue weighted by molar-refractivity contribution is -0.135. The lowest BCUT2D eigenvalue weighted by Gasteiger charge is -2.37. The van der Waals surface area contributed by atoms with Crippen molar-refractivity contribution in [1.82, 2.24) is 9.80 Å². The van der Waals surface area contributed by atoms with Crippen LogP contribution in [0.1, 0.15) is 38.0 Å². The van der Waals surface area contributed by atoms with E-state index in [0.717, 1.165) is 23.3 Å². The van der Waals surface area contributed by atoms with E-state index in [0.29, 0.717) is 24.5 Å². The van der Waals surface area contributed by atoms with Crippen molar-refractivity contribution in [1.29, 1.82) is 0 Å². The fourth-order valence-corrected chi connectivity index (χ4v) is 5.48. The zero-order valence-corrected chi connectivity index (χ0v) is 21.8. The molecule has 4 rings (SSSR count). The van der Waals surface area contributed by atoms with Gasteiger partial charge in [-0.3, -0.25) is 9.59 Å². The van der Waals surface area contributed by atoms with Crippen LogP contribution in [-0.4, -0.2) is 55.0 Å². The Morgan fingerprint density at radius 2 is 1.94 bits per heavy atom. The molecule has 2 heterocycles. The van der Waals surface area contributed by atoms with Crippen LogP contribution in [0.25, 0.3) is 0 Å². The predicted octanol–water partition coefficient (Wildman–Crippen LogP) is 5.21. The number of benzene rings is 2. The van der Waals surface area contributed by atoms with Crippen LogP contribution < -0.4 is 9.47 Å². The summed E-state index contributed by atoms with van der Waals surface area (Å²) in [4.78, 5) is 31.5. The number of rotatable bonds is 9. The predicted molar refractivity (Wildman–Crippen MR) is 143 cm³/mol. The number of ether oxygens (including phenoxy) is 2. The molecule has 0 N–H and O–H groups in total. The molecule has 2 aromatic carbocycles. The van der Waals surface area contributed by atoms with Crippen LogP contribution in [0, 0.1) is 13.8 Å². The molecule has 1 aromatic heterocycles. The molecule has 0 bridgehead atoms. The quantitative estimate of drug-likeness (QED) is 0.376. The largest absolute Gasteiger partial charge is 0.497 e. The minimum Gasteiger partial charge on any atom is -0.497 e. The van der Waals surface area contributed by atoms with Crippen LogP contribution in [0.5, 0.6) is 11.5 Å². The molecule has 7 heteroatoms. The number of fused-ring (bicyclic) bond motifs is 1. The van der Waals surface area contributed by atoms with Crippen molar-refractivity contribution in [3.63, 3.8) is 0 Å². The van der Waals surface area contributed by atoms with Crippen LogP contribution in [0.15, 0.2) is 66.6 Å². The van der Waals surface area contributed by atoms with Crippen LogP contribution >= 0.6 is 11.3 Å². The van der Waals surface area contributed by atoms with Gasteiger partial charge in [-0.15, -0.1) is 17.9 Å². The van der Waals surface area contributed by atoms with Crippen molar-refractivity contribution in [2.24, 2.45) is 0 Å². The maximum Gasteiger partial charge on any atom is 0.254 e. The van der Waals surface area contributed by atoms with E-state index < -0.39 is 0 Å². The van der Waals surface area contributed by atoms with Crippen molar-refractivity contribution in [3.05, 3.63) is 93.7 Å². The second-order valence-electron chi connectivity index (χ2n) is 8.93. The summed E-state index contributed by atoms with van der Waals surface area (Å²) < 4.78 is 11.4. The molecule has 6 nitrogen and oxygen atoms in total. The number of amides is 2. The first-order valence-electron chi connectivity index (χ1n) is 12.0. The topological polar surface area (TPSA) is 59.1 Å². The zero-order chi connectivity index (χ0) is 25.7. The Bertz CT molecular complexity index is 1230. The highest BCUT2D eigenvalue weighted by Crippen LogP contribution is 2.34. The van der Waals surface area contributed by atoms with Crippen molar-refractivity contribution < 1.29 is 19.1 Å². The fourth-order valence-electron chi connectivity index (χ4n) is 4.55. The van der Waals surface area contributed by atoms with E-state index in [9.17, 15) is 9.59 Å². The van der Waals surface area contributed by atoms with Crippen LogP contribution in [0.4, 0.5) is 0 Å². The van der Waals surface area contributed by atoms with Crippen molar-refractivity contribution >= 4 is 23.2 Å². The van der Waals surface area contributed by atoms with E-state index in [-0.39, 0.29) is 30.9 Å². The van der Waals surface area contributed by atoms with Gasteiger partial charge in [0.1, 0.15) is 24.7 Å². The lowest BCUT2D eigenvalue weighted by atomic mass is 10.00. The summed E-state index contributed by atoms with van der Waals surface area (Å²) in [6.45, 7) is 9.05. The number of hydrogen-bond donors (Lipinski definition) is 0. The molecule has 0 aliphatic carbocycles. The monoisotopic (exact) mass is 504 g/mol. The highest BCUT2D eigenvalue weighted by atomic mass is 32.1. The average molecular weight is 505 g/mol. The number of methoxy groups -OCH3 is 1. The second kappa shape index (κ2) is 11.4. The molecular formula is C29H32N2O4S. The van der Waals surface area contributed by atoms with Gasteiger partial charge in [-0.2, -0.15) is 0 Å². The van der Waals surface area contributed by atoms with E-state index in [4.69, 9.17) is 9.47 Å². The maximum atomic E-state index is 13.6. The van der Waals surface area contributed by atoms with Gasteiger partial charge in [0.2, 0.25) is 5.91 Å². The van der Waals surface area contributed by atoms with Gasteiger partial charge in [-0.25, -0.2) is 0 Å². The number of carbonyl (C=O) groups is 2. The first kappa shape index (κ1) is 25.5. The van der Waals surface area contributed by atoms with E-state index in [2.05, 4.69) is 31.0 Å². The third kappa shape index (κ3) is 5.62. The molecule has 0 saturated carbocycles. The summed E-state index contributed by atoms with van der Waals surface area (Å²) >= 11 is 1.72. The summed E-state index contributed by atoms with van der Waals surface area (Å²) in [5.41, 5.74) is 3.87. The Kier molecular flexibility index (Phi) is 8.10. The molecule has 0 spiro atoms. The second-order valence-corrected chi connectivity index (χ2v) is 9.94. The van der Waals surface area contributed by atoms with E-state index in [1.54, 1.807) is 48.8 Å². The lowest BCUT2D eigenvalue weighted by Crippen LogP contribution is -2.47. The highest BCUT2D eigenvalue weighted by molar-refractivity contribution is 7.10. The van der Waals surface area contributed by atoms with Gasteiger partial charge in [0.05, 0.1) is 13.2 Å². The van der Waals surface area contributed by atoms with Gasteiger partial charge >= 0.3 is 0 Å². The van der Waals surface area contributed by atoms with Crippen LogP contribution in [0.3, 0.4) is 0 Å². The number of aryl methyl sites for hydroxylation is 2. The van der Waals surface area contributed by atoms with E-state index >= 15 is 0 Å². The number of nitrogens with zero attached hydrogens (tertiary/aromatic N) is 2. The van der Waals surface area contributed by atoms with Gasteiger partial charge in [0.25, 0.3) is 5.91 Å². The van der Waals surface area contributed by atoms with Gasteiger partial charge < -0.3 is 19.3 Å². The molecule has 0 radical (unpaired) electrons. The summed E-state index contributed by atoms with van der Waals surface area (Å²) in [5.74, 6) is 1.16. The van der Waals surface area contributed by atoms with Crippen LogP contribution in [0.2, 0.25) is 0 Å². The molecule has 0 unspecified atom stereocenters. The molecule has 0 saturated heterocycles. The average Bonchev–Trinajstić information content (AvgIpc) is 3.36. The third-order valence-electron chi connectivity index (χ3n) is 6.44. The summed E-state index contributed by atoms with van der Waals surface area (Å²) in [7, 11) is 1.58. The standard InChI is InChI=1S/C29H32N2O4S/c1-5-14-30(29(33)22-7-9-23(34-4)10-8-22)18-28(32)31-15-12-27-24(13-16-36-27)25(31)19-35-26-11-6-20(2)17-21(26)3/h5-11,13,16-17,25H,1,12,14-15,18-19H2,2-4H3/t25-/m0/s1. The Balaban J connectivity index is 1.52. The first-order chi connectivity index (χ1) is 17.4.